The monoisotopic (exact) mass is 400 g/mol. The lowest BCUT2D eigenvalue weighted by molar-refractivity contribution is -0.114. The molecule has 0 radical (unpaired) electrons. The van der Waals surface area contributed by atoms with E-state index in [4.69, 9.17) is 4.99 Å². The third-order valence-electron chi connectivity index (χ3n) is 4.58. The van der Waals surface area contributed by atoms with Crippen LogP contribution >= 0.6 is 11.3 Å². The maximum atomic E-state index is 12.7. The molecule has 29 heavy (non-hydrogen) atoms. The number of rotatable bonds is 7. The van der Waals surface area contributed by atoms with E-state index in [0.717, 1.165) is 49.9 Å². The van der Waals surface area contributed by atoms with Crippen LogP contribution in [0.25, 0.3) is 11.1 Å². The lowest BCUT2D eigenvalue weighted by atomic mass is 9.96. The van der Waals surface area contributed by atoms with Gasteiger partial charge in [-0.15, -0.1) is 11.3 Å². The van der Waals surface area contributed by atoms with Gasteiger partial charge in [0.05, 0.1) is 11.4 Å². The molecule has 3 rings (SSSR count). The second kappa shape index (κ2) is 8.93. The van der Waals surface area contributed by atoms with Crippen LogP contribution in [0, 0.1) is 0 Å². The zero-order valence-electron chi connectivity index (χ0n) is 16.9. The van der Waals surface area contributed by atoms with Crippen LogP contribution in [-0.2, 0) is 4.79 Å². The van der Waals surface area contributed by atoms with Gasteiger partial charge >= 0.3 is 0 Å². The Morgan fingerprint density at radius 3 is 2.72 bits per heavy atom. The molecule has 1 aliphatic heterocycles. The first-order valence-electron chi connectivity index (χ1n) is 9.39. The molecular formula is C25H24N2OS. The van der Waals surface area contributed by atoms with Crippen molar-refractivity contribution in [3.8, 4) is 0 Å². The van der Waals surface area contributed by atoms with Gasteiger partial charge in [0, 0.05) is 34.4 Å². The van der Waals surface area contributed by atoms with E-state index in [1.54, 1.807) is 17.4 Å². The van der Waals surface area contributed by atoms with Gasteiger partial charge in [0.25, 0.3) is 0 Å². The molecule has 1 aliphatic rings. The van der Waals surface area contributed by atoms with Crippen LogP contribution in [0.2, 0.25) is 0 Å². The number of hydrogen-bond donors (Lipinski definition) is 0. The number of para-hydroxylation sites is 1. The molecular weight excluding hydrogens is 376 g/mol. The number of carbonyl (C=O) groups is 1. The van der Waals surface area contributed by atoms with Gasteiger partial charge in [-0.05, 0) is 48.8 Å². The number of fused-ring (bicyclic) bond motifs is 1. The molecule has 0 amide bonds. The molecule has 146 valence electrons. The van der Waals surface area contributed by atoms with E-state index in [1.165, 1.54) is 6.21 Å². The van der Waals surface area contributed by atoms with Gasteiger partial charge in [-0.25, -0.2) is 0 Å². The Morgan fingerprint density at radius 2 is 2.00 bits per heavy atom. The van der Waals surface area contributed by atoms with Crippen LogP contribution in [0.1, 0.15) is 42.0 Å². The summed E-state index contributed by atoms with van der Waals surface area (Å²) in [5.74, 6) is -0.0413. The van der Waals surface area contributed by atoms with Crippen LogP contribution in [0.4, 0.5) is 5.69 Å². The molecule has 4 heteroatoms. The van der Waals surface area contributed by atoms with Crippen LogP contribution in [0.15, 0.2) is 83.5 Å². The molecule has 2 aromatic rings. The summed E-state index contributed by atoms with van der Waals surface area (Å²) < 4.78 is 0. The first-order chi connectivity index (χ1) is 13.9. The second-order valence-electron chi connectivity index (χ2n) is 7.09. The molecule has 1 aromatic heterocycles. The van der Waals surface area contributed by atoms with Crippen LogP contribution < -0.4 is 0 Å². The fourth-order valence-corrected chi connectivity index (χ4v) is 4.11. The summed E-state index contributed by atoms with van der Waals surface area (Å²) in [7, 11) is 0. The van der Waals surface area contributed by atoms with Crippen molar-refractivity contribution in [1.29, 1.82) is 0 Å². The molecule has 0 saturated carbocycles. The Hall–Kier alpha value is -3.11. The number of allylic oxidation sites excluding steroid dienone is 5. The van der Waals surface area contributed by atoms with Crippen LogP contribution in [0.3, 0.4) is 0 Å². The van der Waals surface area contributed by atoms with Gasteiger partial charge in [0.15, 0.2) is 5.78 Å². The number of Topliss-reactive ketones (excluding diaryl/α,β-unsaturated/α-hetero) is 1. The number of carbonyl (C=O) groups excluding carboxylic acids is 1. The van der Waals surface area contributed by atoms with Crippen molar-refractivity contribution >= 4 is 45.9 Å². The molecule has 0 unspecified atom stereocenters. The zero-order chi connectivity index (χ0) is 21.0. The average molecular weight is 401 g/mol. The number of benzene rings is 1. The minimum atomic E-state index is -0.0413. The van der Waals surface area contributed by atoms with E-state index >= 15 is 0 Å². The quantitative estimate of drug-likeness (QED) is 0.372. The third-order valence-corrected chi connectivity index (χ3v) is 5.82. The first kappa shape index (κ1) is 20.6. The predicted molar refractivity (Wildman–Crippen MR) is 126 cm³/mol. The van der Waals surface area contributed by atoms with Crippen LogP contribution in [-0.4, -0.2) is 17.7 Å². The average Bonchev–Trinajstić information content (AvgIpc) is 3.18. The Kier molecular flexibility index (Phi) is 6.35. The lowest BCUT2D eigenvalue weighted by Gasteiger charge is -2.16. The number of ketones is 1. The maximum Gasteiger partial charge on any atom is 0.185 e. The zero-order valence-corrected chi connectivity index (χ0v) is 17.7. The normalized spacial score (nSPS) is 13.0. The van der Waals surface area contributed by atoms with Crippen molar-refractivity contribution in [2.24, 2.45) is 9.98 Å². The maximum absolute atomic E-state index is 12.7. The number of thiophene rings is 1. The molecule has 3 nitrogen and oxygen atoms in total. The third kappa shape index (κ3) is 4.66. The molecule has 0 atom stereocenters. The highest BCUT2D eigenvalue weighted by molar-refractivity contribution is 7.15. The van der Waals surface area contributed by atoms with Gasteiger partial charge in [-0.1, -0.05) is 44.0 Å². The van der Waals surface area contributed by atoms with Crippen molar-refractivity contribution in [1.82, 2.24) is 0 Å². The fourth-order valence-electron chi connectivity index (χ4n) is 3.15. The Bertz CT molecular complexity index is 1090. The number of aliphatic imine (C=N–C) groups is 2. The van der Waals surface area contributed by atoms with Gasteiger partial charge in [0.2, 0.25) is 0 Å². The fraction of sp³-hybridized carbons (Fsp3) is 0.160. The van der Waals surface area contributed by atoms with E-state index < -0.39 is 0 Å². The summed E-state index contributed by atoms with van der Waals surface area (Å²) in [6.45, 7) is 15.7. The standard InChI is InChI=1S/C25H24N2OS/c1-6-13-26-25(16(2)3)22(28)15-18(5)23-11-12-24(29-23)21-14-17(4)19-9-7-8-10-20(19)27-21/h6-13H,1,4-5,14-15H2,2-3H3/b26-13-. The summed E-state index contributed by atoms with van der Waals surface area (Å²) in [6.07, 6.45) is 4.06. The lowest BCUT2D eigenvalue weighted by Crippen LogP contribution is -2.04. The molecule has 0 spiro atoms. The Labute approximate surface area is 176 Å². The van der Waals surface area contributed by atoms with Crippen molar-refractivity contribution < 1.29 is 4.79 Å². The van der Waals surface area contributed by atoms with Crippen molar-refractivity contribution in [3.05, 3.63) is 88.8 Å². The topological polar surface area (TPSA) is 41.8 Å². The minimum Gasteiger partial charge on any atom is -0.292 e. The molecule has 0 aliphatic carbocycles. The molecule has 2 heterocycles. The molecule has 0 saturated heterocycles. The summed E-state index contributed by atoms with van der Waals surface area (Å²) in [4.78, 5) is 23.8. The molecule has 0 fully saturated rings. The molecule has 0 bridgehead atoms. The summed E-state index contributed by atoms with van der Waals surface area (Å²) in [6, 6.07) is 12.1. The molecule has 1 aromatic carbocycles. The van der Waals surface area contributed by atoms with E-state index in [1.807, 2.05) is 44.2 Å². The van der Waals surface area contributed by atoms with Gasteiger partial charge < -0.3 is 0 Å². The summed E-state index contributed by atoms with van der Waals surface area (Å²) in [5, 5.41) is 0. The van der Waals surface area contributed by atoms with E-state index in [0.29, 0.717) is 5.70 Å². The van der Waals surface area contributed by atoms with Gasteiger partial charge in [-0.3, -0.25) is 14.8 Å². The van der Waals surface area contributed by atoms with Crippen molar-refractivity contribution in [2.75, 3.05) is 0 Å². The van der Waals surface area contributed by atoms with E-state index in [2.05, 4.69) is 30.8 Å². The summed E-state index contributed by atoms with van der Waals surface area (Å²) >= 11 is 1.61. The van der Waals surface area contributed by atoms with Crippen molar-refractivity contribution in [2.45, 2.75) is 26.7 Å². The Morgan fingerprint density at radius 1 is 1.24 bits per heavy atom. The minimum absolute atomic E-state index is 0.0413. The van der Waals surface area contributed by atoms with Gasteiger partial charge in [0.1, 0.15) is 5.70 Å². The largest absolute Gasteiger partial charge is 0.292 e. The number of nitrogens with zero attached hydrogens (tertiary/aromatic N) is 2. The molecule has 0 N–H and O–H groups in total. The summed E-state index contributed by atoms with van der Waals surface area (Å²) in [5.41, 5.74) is 6.27. The van der Waals surface area contributed by atoms with Crippen LogP contribution in [0.5, 0.6) is 0 Å². The van der Waals surface area contributed by atoms with E-state index in [-0.39, 0.29) is 12.2 Å². The second-order valence-corrected chi connectivity index (χ2v) is 8.17. The predicted octanol–water partition coefficient (Wildman–Crippen LogP) is 6.81. The smallest absolute Gasteiger partial charge is 0.185 e. The number of hydrogen-bond acceptors (Lipinski definition) is 4. The Balaban J connectivity index is 1.79. The SMILES string of the molecule is C=C/C=N\C(C(=O)CC(=C)c1ccc(C2=Nc3ccccc3C(=C)C2)s1)=C(C)C. The van der Waals surface area contributed by atoms with Gasteiger partial charge in [-0.2, -0.15) is 0 Å². The highest BCUT2D eigenvalue weighted by Crippen LogP contribution is 2.36. The highest BCUT2D eigenvalue weighted by Gasteiger charge is 2.19. The highest BCUT2D eigenvalue weighted by atomic mass is 32.1. The van der Waals surface area contributed by atoms with Crippen molar-refractivity contribution in [3.63, 3.8) is 0 Å². The first-order valence-corrected chi connectivity index (χ1v) is 10.2. The van der Waals surface area contributed by atoms with E-state index in [9.17, 15) is 4.79 Å².